The van der Waals surface area contributed by atoms with Gasteiger partial charge in [-0.2, -0.15) is 0 Å². The van der Waals surface area contributed by atoms with Crippen LogP contribution < -0.4 is 5.32 Å². The molecule has 2 rings (SSSR count). The fraction of sp³-hybridized carbons (Fsp3) is 0.462. The minimum atomic E-state index is -0.439. The number of aliphatic hydroxyl groups is 1. The Balaban J connectivity index is 1.81. The third-order valence-electron chi connectivity index (χ3n) is 2.84. The van der Waals surface area contributed by atoms with Crippen molar-refractivity contribution in [1.29, 1.82) is 0 Å². The Morgan fingerprint density at radius 2 is 2.32 bits per heavy atom. The third-order valence-corrected chi connectivity index (χ3v) is 2.84. The molecule has 6 heteroatoms. The molecule has 0 radical (unpaired) electrons. The van der Waals surface area contributed by atoms with Crippen molar-refractivity contribution in [2.75, 3.05) is 6.54 Å². The van der Waals surface area contributed by atoms with E-state index in [9.17, 15) is 4.79 Å². The highest BCUT2D eigenvalue weighted by Crippen LogP contribution is 2.03. The number of amides is 1. The smallest absolute Gasteiger partial charge is 0.220 e. The summed E-state index contributed by atoms with van der Waals surface area (Å²) in [6.45, 7) is 2.20. The van der Waals surface area contributed by atoms with Crippen LogP contribution in [0.2, 0.25) is 0 Å². The first-order valence-corrected chi connectivity index (χ1v) is 6.40. The number of aliphatic hydroxyl groups excluding tert-OH is 1. The van der Waals surface area contributed by atoms with Gasteiger partial charge in [-0.05, 0) is 25.5 Å². The van der Waals surface area contributed by atoms with E-state index in [1.807, 2.05) is 28.8 Å². The summed E-state index contributed by atoms with van der Waals surface area (Å²) >= 11 is 0. The molecular weight excluding hydrogens is 244 g/mol. The molecule has 0 spiro atoms. The van der Waals surface area contributed by atoms with E-state index in [0.717, 1.165) is 11.5 Å². The number of nitrogens with zero attached hydrogens (tertiary/aromatic N) is 3. The summed E-state index contributed by atoms with van der Waals surface area (Å²) in [5.41, 5.74) is 0.804. The van der Waals surface area contributed by atoms with E-state index in [-0.39, 0.29) is 5.91 Å². The number of hydrogen-bond donors (Lipinski definition) is 2. The minimum absolute atomic E-state index is 0.0466. The Kier molecular flexibility index (Phi) is 4.46. The molecule has 0 fully saturated rings. The second-order valence-corrected chi connectivity index (χ2v) is 4.53. The molecule has 0 aliphatic carbocycles. The summed E-state index contributed by atoms with van der Waals surface area (Å²) in [6.07, 6.45) is 2.93. The lowest BCUT2D eigenvalue weighted by molar-refractivity contribution is -0.121. The molecular formula is C13H18N4O2. The van der Waals surface area contributed by atoms with Gasteiger partial charge in [-0.1, -0.05) is 6.07 Å². The predicted molar refractivity (Wildman–Crippen MR) is 70.6 cm³/mol. The maximum absolute atomic E-state index is 11.5. The van der Waals surface area contributed by atoms with Crippen molar-refractivity contribution >= 4 is 11.6 Å². The first-order valence-electron chi connectivity index (χ1n) is 6.40. The van der Waals surface area contributed by atoms with Crippen LogP contribution in [0.25, 0.3) is 5.65 Å². The van der Waals surface area contributed by atoms with E-state index in [4.69, 9.17) is 5.11 Å². The molecule has 2 heterocycles. The quantitative estimate of drug-likeness (QED) is 0.796. The number of carbonyl (C=O) groups is 1. The number of aromatic nitrogens is 3. The van der Waals surface area contributed by atoms with Crippen LogP contribution in [0.3, 0.4) is 0 Å². The predicted octanol–water partition coefficient (Wildman–Crippen LogP) is 0.549. The van der Waals surface area contributed by atoms with E-state index in [2.05, 4.69) is 15.5 Å². The number of pyridine rings is 1. The van der Waals surface area contributed by atoms with Gasteiger partial charge < -0.3 is 10.4 Å². The second kappa shape index (κ2) is 6.29. The zero-order valence-electron chi connectivity index (χ0n) is 10.9. The Morgan fingerprint density at radius 1 is 1.47 bits per heavy atom. The van der Waals surface area contributed by atoms with E-state index >= 15 is 0 Å². The van der Waals surface area contributed by atoms with Crippen LogP contribution in [0.5, 0.6) is 0 Å². The molecule has 0 aromatic carbocycles. The van der Waals surface area contributed by atoms with E-state index in [0.29, 0.717) is 25.8 Å². The lowest BCUT2D eigenvalue weighted by Crippen LogP contribution is -2.26. The van der Waals surface area contributed by atoms with Crippen LogP contribution in [0.1, 0.15) is 25.6 Å². The molecule has 0 aliphatic heterocycles. The zero-order valence-corrected chi connectivity index (χ0v) is 10.9. The lowest BCUT2D eigenvalue weighted by atomic mass is 10.2. The number of hydrogen-bond acceptors (Lipinski definition) is 4. The molecule has 0 bridgehead atoms. The van der Waals surface area contributed by atoms with Crippen LogP contribution in [-0.4, -0.2) is 38.3 Å². The third kappa shape index (κ3) is 3.75. The molecule has 1 amide bonds. The first kappa shape index (κ1) is 13.5. The fourth-order valence-electron chi connectivity index (χ4n) is 1.80. The Hall–Kier alpha value is -1.95. The van der Waals surface area contributed by atoms with Crippen LogP contribution in [0, 0.1) is 0 Å². The number of carbonyl (C=O) groups excluding carboxylic acids is 1. The van der Waals surface area contributed by atoms with Gasteiger partial charge >= 0.3 is 0 Å². The average molecular weight is 262 g/mol. The topological polar surface area (TPSA) is 79.5 Å². The molecule has 2 aromatic rings. The average Bonchev–Trinajstić information content (AvgIpc) is 2.80. The van der Waals surface area contributed by atoms with Crippen LogP contribution >= 0.6 is 0 Å². The molecule has 2 aromatic heterocycles. The molecule has 0 saturated heterocycles. The largest absolute Gasteiger partial charge is 0.393 e. The maximum atomic E-state index is 11.5. The van der Waals surface area contributed by atoms with Gasteiger partial charge in [-0.3, -0.25) is 9.20 Å². The molecule has 2 N–H and O–H groups in total. The first-order chi connectivity index (χ1) is 9.16. The second-order valence-electron chi connectivity index (χ2n) is 4.53. The Morgan fingerprint density at radius 3 is 3.11 bits per heavy atom. The molecule has 102 valence electrons. The van der Waals surface area contributed by atoms with E-state index < -0.39 is 6.10 Å². The summed E-state index contributed by atoms with van der Waals surface area (Å²) < 4.78 is 1.90. The van der Waals surface area contributed by atoms with Crippen LogP contribution in [0.4, 0.5) is 0 Å². The van der Waals surface area contributed by atoms with Crippen molar-refractivity contribution in [3.05, 3.63) is 30.2 Å². The van der Waals surface area contributed by atoms with Crippen molar-refractivity contribution < 1.29 is 9.90 Å². The molecule has 6 nitrogen and oxygen atoms in total. The van der Waals surface area contributed by atoms with Crippen molar-refractivity contribution in [3.63, 3.8) is 0 Å². The van der Waals surface area contributed by atoms with Crippen LogP contribution in [-0.2, 0) is 11.2 Å². The molecule has 1 unspecified atom stereocenters. The summed E-state index contributed by atoms with van der Waals surface area (Å²) in [5.74, 6) is 0.779. The fourth-order valence-corrected chi connectivity index (χ4v) is 1.80. The molecule has 19 heavy (non-hydrogen) atoms. The van der Waals surface area contributed by atoms with Gasteiger partial charge in [0.1, 0.15) is 5.82 Å². The monoisotopic (exact) mass is 262 g/mol. The van der Waals surface area contributed by atoms with Crippen molar-refractivity contribution in [1.82, 2.24) is 19.9 Å². The Labute approximate surface area is 111 Å². The van der Waals surface area contributed by atoms with E-state index in [1.165, 1.54) is 0 Å². The van der Waals surface area contributed by atoms with Gasteiger partial charge in [0.05, 0.1) is 6.10 Å². The van der Waals surface area contributed by atoms with Crippen LogP contribution in [0.15, 0.2) is 24.4 Å². The van der Waals surface area contributed by atoms with Gasteiger partial charge in [-0.25, -0.2) is 0 Å². The van der Waals surface area contributed by atoms with Crippen molar-refractivity contribution in [2.24, 2.45) is 0 Å². The van der Waals surface area contributed by atoms with Gasteiger partial charge in [0, 0.05) is 25.6 Å². The molecule has 0 aliphatic rings. The Bertz CT molecular complexity index is 550. The zero-order chi connectivity index (χ0) is 13.7. The summed E-state index contributed by atoms with van der Waals surface area (Å²) in [7, 11) is 0. The lowest BCUT2D eigenvalue weighted by Gasteiger charge is -2.05. The minimum Gasteiger partial charge on any atom is -0.393 e. The highest BCUT2D eigenvalue weighted by Gasteiger charge is 2.06. The van der Waals surface area contributed by atoms with Crippen molar-refractivity contribution in [2.45, 2.75) is 32.3 Å². The normalized spacial score (nSPS) is 12.5. The summed E-state index contributed by atoms with van der Waals surface area (Å²) in [6, 6.07) is 5.71. The number of fused-ring (bicyclic) bond motifs is 1. The molecule has 0 saturated carbocycles. The number of nitrogens with one attached hydrogen (secondary N) is 1. The highest BCUT2D eigenvalue weighted by atomic mass is 16.3. The number of rotatable bonds is 6. The standard InChI is InChI=1S/C13H18N4O2/c1-10(18)5-6-13(19)14-8-7-12-16-15-11-4-2-3-9-17(11)12/h2-4,9-10,18H,5-8H2,1H3,(H,14,19). The van der Waals surface area contributed by atoms with Gasteiger partial charge in [0.15, 0.2) is 5.65 Å². The highest BCUT2D eigenvalue weighted by molar-refractivity contribution is 5.75. The summed E-state index contributed by atoms with van der Waals surface area (Å²) in [5, 5.41) is 20.0. The summed E-state index contributed by atoms with van der Waals surface area (Å²) in [4.78, 5) is 11.5. The SMILES string of the molecule is CC(O)CCC(=O)NCCc1nnc2ccccn12. The van der Waals surface area contributed by atoms with Crippen molar-refractivity contribution in [3.8, 4) is 0 Å². The van der Waals surface area contributed by atoms with E-state index in [1.54, 1.807) is 6.92 Å². The van der Waals surface area contributed by atoms with Gasteiger partial charge in [-0.15, -0.1) is 10.2 Å². The maximum Gasteiger partial charge on any atom is 0.220 e. The van der Waals surface area contributed by atoms with Gasteiger partial charge in [0.25, 0.3) is 0 Å². The molecule has 1 atom stereocenters. The van der Waals surface area contributed by atoms with Gasteiger partial charge in [0.2, 0.25) is 5.91 Å².